The van der Waals surface area contributed by atoms with Crippen LogP contribution in [0.1, 0.15) is 104 Å². The third-order valence-corrected chi connectivity index (χ3v) is 11.7. The van der Waals surface area contributed by atoms with Crippen LogP contribution in [0.5, 0.6) is 0 Å². The van der Waals surface area contributed by atoms with Crippen molar-refractivity contribution in [1.82, 2.24) is 26.6 Å². The Morgan fingerprint density at radius 2 is 0.833 bits per heavy atom. The third-order valence-electron chi connectivity index (χ3n) is 9.56. The standard InChI is InChI=1S/C46H78N5O14P/c1-7-27-59-34-37-62-31-24-48-41(53)17-20-46(21-18-42(54)49-25-32-63-38-35-60-28-8-2,22-19-43(55)50-26-33-64-39-36-61-29-9-3)51-44(56)16-14-15-40(52)47-23-12-10-11-13-30-65-66(57,58)45(4,5)6/h1-3H,10-39H2,4-6H3,(H,47,52)(H,48,53)(H,49,54)(H,50,55)(H,51,56)(H,57,58)/p-1. The largest absolute Gasteiger partial charge is 0.778 e. The predicted octanol–water partition coefficient (Wildman–Crippen LogP) is 1.75. The number of hydrogen-bond donors (Lipinski definition) is 5. The number of ether oxygens (including phenoxy) is 6. The van der Waals surface area contributed by atoms with Crippen LogP contribution in [0.2, 0.25) is 0 Å². The van der Waals surface area contributed by atoms with Crippen molar-refractivity contribution in [2.75, 3.05) is 112 Å². The lowest BCUT2D eigenvalue weighted by Crippen LogP contribution is -2.50. The Labute approximate surface area is 393 Å². The van der Waals surface area contributed by atoms with Crippen LogP contribution in [-0.2, 0) is 61.5 Å². The quantitative estimate of drug-likeness (QED) is 0.0332. The lowest BCUT2D eigenvalue weighted by molar-refractivity contribution is -0.204. The van der Waals surface area contributed by atoms with Gasteiger partial charge >= 0.3 is 0 Å². The van der Waals surface area contributed by atoms with E-state index in [0.717, 1.165) is 12.8 Å². The number of carbonyl (C=O) groups is 5. The molecule has 376 valence electrons. The maximum atomic E-state index is 13.6. The summed E-state index contributed by atoms with van der Waals surface area (Å²) in [5, 5.41) is 13.3. The summed E-state index contributed by atoms with van der Waals surface area (Å²) in [7, 11) is -3.95. The molecule has 0 aliphatic carbocycles. The summed E-state index contributed by atoms with van der Waals surface area (Å²) in [5.74, 6) is 5.51. The summed E-state index contributed by atoms with van der Waals surface area (Å²) in [6, 6.07) is 0. The second kappa shape index (κ2) is 40.0. The van der Waals surface area contributed by atoms with E-state index in [4.69, 9.17) is 52.2 Å². The van der Waals surface area contributed by atoms with Gasteiger partial charge in [0.2, 0.25) is 29.5 Å². The summed E-state index contributed by atoms with van der Waals surface area (Å²) >= 11 is 0. The van der Waals surface area contributed by atoms with Crippen molar-refractivity contribution in [3.8, 4) is 37.0 Å². The number of rotatable bonds is 43. The summed E-state index contributed by atoms with van der Waals surface area (Å²) in [6.45, 7) is 8.99. The Hall–Kier alpha value is -4.06. The van der Waals surface area contributed by atoms with Crippen molar-refractivity contribution < 1.29 is 66.4 Å². The number of amides is 5. The first-order valence-electron chi connectivity index (χ1n) is 22.7. The molecule has 5 amide bonds. The highest BCUT2D eigenvalue weighted by Crippen LogP contribution is 2.50. The molecule has 0 radical (unpaired) electrons. The number of carbonyl (C=O) groups excluding carboxylic acids is 5. The Morgan fingerprint density at radius 3 is 1.24 bits per heavy atom. The van der Waals surface area contributed by atoms with E-state index in [2.05, 4.69) is 44.3 Å². The van der Waals surface area contributed by atoms with Gasteiger partial charge in [0, 0.05) is 69.0 Å². The van der Waals surface area contributed by atoms with E-state index >= 15 is 0 Å². The molecule has 0 aromatic carbocycles. The van der Waals surface area contributed by atoms with Gasteiger partial charge in [-0.2, -0.15) is 0 Å². The van der Waals surface area contributed by atoms with Crippen molar-refractivity contribution in [3.05, 3.63) is 0 Å². The molecule has 0 aromatic heterocycles. The van der Waals surface area contributed by atoms with Crippen molar-refractivity contribution in [2.24, 2.45) is 0 Å². The lowest BCUT2D eigenvalue weighted by Gasteiger charge is -2.35. The van der Waals surface area contributed by atoms with Gasteiger partial charge in [0.05, 0.1) is 66.1 Å². The monoisotopic (exact) mass is 955 g/mol. The molecule has 0 fully saturated rings. The van der Waals surface area contributed by atoms with E-state index < -0.39 is 24.2 Å². The van der Waals surface area contributed by atoms with Crippen LogP contribution in [0.25, 0.3) is 0 Å². The molecule has 0 spiro atoms. The topological polar surface area (TPSA) is 250 Å². The van der Waals surface area contributed by atoms with Crippen LogP contribution < -0.4 is 31.5 Å². The highest BCUT2D eigenvalue weighted by atomic mass is 31.2. The molecule has 19 nitrogen and oxygen atoms in total. The van der Waals surface area contributed by atoms with E-state index in [1.165, 1.54) is 0 Å². The zero-order chi connectivity index (χ0) is 49.2. The Kier molecular flexibility index (Phi) is 37.6. The van der Waals surface area contributed by atoms with E-state index in [-0.39, 0.29) is 147 Å². The number of terminal acetylenes is 3. The van der Waals surface area contributed by atoms with Gasteiger partial charge < -0.3 is 69.0 Å². The van der Waals surface area contributed by atoms with Crippen LogP contribution in [-0.4, -0.2) is 152 Å². The molecule has 0 aliphatic heterocycles. The van der Waals surface area contributed by atoms with Gasteiger partial charge in [-0.25, -0.2) is 0 Å². The molecule has 0 aromatic rings. The summed E-state index contributed by atoms with van der Waals surface area (Å²) in [4.78, 5) is 77.5. The minimum absolute atomic E-state index is 0.0227. The number of unbranched alkanes of at least 4 members (excludes halogenated alkanes) is 3. The van der Waals surface area contributed by atoms with Gasteiger partial charge in [-0.3, -0.25) is 24.0 Å². The fourth-order valence-corrected chi connectivity index (χ4v) is 6.53. The molecule has 0 saturated heterocycles. The van der Waals surface area contributed by atoms with Crippen molar-refractivity contribution in [1.29, 1.82) is 0 Å². The molecule has 1 atom stereocenters. The van der Waals surface area contributed by atoms with Gasteiger partial charge in [-0.05, 0) is 38.5 Å². The average Bonchev–Trinajstić information content (AvgIpc) is 3.27. The molecule has 66 heavy (non-hydrogen) atoms. The first-order chi connectivity index (χ1) is 31.6. The minimum Gasteiger partial charge on any atom is -0.778 e. The fourth-order valence-electron chi connectivity index (χ4n) is 5.77. The molecular formula is C46H77N5O14P-. The molecule has 0 heterocycles. The molecule has 5 N–H and O–H groups in total. The Morgan fingerprint density at radius 1 is 0.470 bits per heavy atom. The average molecular weight is 955 g/mol. The van der Waals surface area contributed by atoms with Crippen molar-refractivity contribution in [2.45, 2.75) is 115 Å². The van der Waals surface area contributed by atoms with E-state index in [1.807, 2.05) is 0 Å². The first kappa shape index (κ1) is 61.9. The van der Waals surface area contributed by atoms with E-state index in [0.29, 0.717) is 59.0 Å². The molecule has 20 heteroatoms. The minimum atomic E-state index is -3.95. The zero-order valence-electron chi connectivity index (χ0n) is 39.6. The molecule has 0 bridgehead atoms. The molecule has 0 aliphatic rings. The third kappa shape index (κ3) is 36.1. The summed E-state index contributed by atoms with van der Waals surface area (Å²) in [5.41, 5.74) is -1.16. The zero-order valence-corrected chi connectivity index (χ0v) is 40.5. The Balaban J connectivity index is 5.54. The molecule has 0 saturated carbocycles. The second-order valence-corrected chi connectivity index (χ2v) is 18.7. The second-order valence-electron chi connectivity index (χ2n) is 16.1. The highest BCUT2D eigenvalue weighted by molar-refractivity contribution is 7.53. The highest BCUT2D eigenvalue weighted by Gasteiger charge is 2.34. The molecule has 0 rings (SSSR count). The normalized spacial score (nSPS) is 12.2. The SMILES string of the molecule is C#CCOCCOCCNC(=O)CCC(CCC(=O)NCCOCCOCC#C)(CCC(=O)NCCOCCOCC#C)NC(=O)CCCC(=O)NCCCCCCOP(=O)([O-])C(C)(C)C. The number of nitrogens with one attached hydrogen (secondary N) is 5. The maximum absolute atomic E-state index is 13.6. The maximum Gasteiger partial charge on any atom is 0.220 e. The molecule has 1 unspecified atom stereocenters. The Bertz CT molecular complexity index is 1430. The van der Waals surface area contributed by atoms with E-state index in [1.54, 1.807) is 20.8 Å². The van der Waals surface area contributed by atoms with Crippen LogP contribution >= 0.6 is 7.60 Å². The molecular weight excluding hydrogens is 878 g/mol. The van der Waals surface area contributed by atoms with Gasteiger partial charge in [0.25, 0.3) is 0 Å². The van der Waals surface area contributed by atoms with Gasteiger partial charge in [-0.15, -0.1) is 19.3 Å². The van der Waals surface area contributed by atoms with Crippen LogP contribution in [0.15, 0.2) is 0 Å². The van der Waals surface area contributed by atoms with Crippen molar-refractivity contribution in [3.63, 3.8) is 0 Å². The van der Waals surface area contributed by atoms with Crippen LogP contribution in [0, 0.1) is 37.0 Å². The van der Waals surface area contributed by atoms with Gasteiger partial charge in [0.1, 0.15) is 27.4 Å². The fraction of sp³-hybridized carbons (Fsp3) is 0.761. The predicted molar refractivity (Wildman–Crippen MR) is 248 cm³/mol. The van der Waals surface area contributed by atoms with Crippen LogP contribution in [0.4, 0.5) is 0 Å². The van der Waals surface area contributed by atoms with Crippen LogP contribution in [0.3, 0.4) is 0 Å². The summed E-state index contributed by atoms with van der Waals surface area (Å²) in [6.07, 6.45) is 18.8. The summed E-state index contributed by atoms with van der Waals surface area (Å²) < 4.78 is 49.1. The number of hydrogen-bond acceptors (Lipinski definition) is 14. The van der Waals surface area contributed by atoms with E-state index in [9.17, 15) is 33.4 Å². The smallest absolute Gasteiger partial charge is 0.220 e. The van der Waals surface area contributed by atoms with Gasteiger partial charge in [-0.1, -0.05) is 51.4 Å². The lowest BCUT2D eigenvalue weighted by atomic mass is 9.82. The van der Waals surface area contributed by atoms with Crippen molar-refractivity contribution >= 4 is 37.1 Å². The van der Waals surface area contributed by atoms with Gasteiger partial charge in [0.15, 0.2) is 0 Å². The first-order valence-corrected chi connectivity index (χ1v) is 24.3.